The zero-order chi connectivity index (χ0) is 8.93. The quantitative estimate of drug-likeness (QED) is 0.865. The van der Waals surface area contributed by atoms with Gasteiger partial charge in [-0.3, -0.25) is 0 Å². The number of hydrogen-bond donors (Lipinski definition) is 1. The molecule has 1 aliphatic rings. The molecule has 0 amide bonds. The minimum absolute atomic E-state index is 0. The van der Waals surface area contributed by atoms with Gasteiger partial charge >= 0.3 is 6.01 Å². The first-order valence-corrected chi connectivity index (χ1v) is 4.59. The highest BCUT2D eigenvalue weighted by Gasteiger charge is 2.14. The lowest BCUT2D eigenvalue weighted by atomic mass is 10.1. The molecule has 0 aliphatic carbocycles. The number of piperidine rings is 1. The van der Waals surface area contributed by atoms with Crippen LogP contribution >= 0.6 is 24.8 Å². The lowest BCUT2D eigenvalue weighted by molar-refractivity contribution is 0.153. The Labute approximate surface area is 102 Å². The van der Waals surface area contributed by atoms with Gasteiger partial charge in [0.15, 0.2) is 0 Å². The maximum absolute atomic E-state index is 5.57. The van der Waals surface area contributed by atoms with Gasteiger partial charge in [-0.05, 0) is 25.5 Å². The number of hydrogen-bond acceptors (Lipinski definition) is 4. The molecule has 15 heavy (non-hydrogen) atoms. The topological polar surface area (TPSA) is 47.0 Å². The maximum atomic E-state index is 5.57. The molecule has 2 heterocycles. The second kappa shape index (κ2) is 7.68. The molecule has 2 rings (SSSR count). The molecule has 0 saturated carbocycles. The molecular weight excluding hydrogens is 237 g/mol. The summed E-state index contributed by atoms with van der Waals surface area (Å²) in [7, 11) is 0. The predicted molar refractivity (Wildman–Crippen MR) is 63.0 cm³/mol. The second-order valence-corrected chi connectivity index (χ2v) is 3.12. The summed E-state index contributed by atoms with van der Waals surface area (Å²) in [6, 6.07) is 2.27. The molecule has 1 unspecified atom stereocenters. The van der Waals surface area contributed by atoms with Gasteiger partial charge in [0, 0.05) is 18.9 Å². The lowest BCUT2D eigenvalue weighted by Crippen LogP contribution is -2.37. The van der Waals surface area contributed by atoms with E-state index in [1.165, 1.54) is 0 Å². The van der Waals surface area contributed by atoms with E-state index in [1.807, 2.05) is 0 Å². The normalized spacial score (nSPS) is 19.6. The Morgan fingerprint density at radius 2 is 2.00 bits per heavy atom. The van der Waals surface area contributed by atoms with Gasteiger partial charge in [0.25, 0.3) is 0 Å². The standard InChI is InChI=1S/C9H13N3O.2ClH/c1-3-8(7-10-4-1)13-9-11-5-2-6-12-9;;/h2,5-6,8,10H,1,3-4,7H2;2*1H. The minimum Gasteiger partial charge on any atom is -0.459 e. The summed E-state index contributed by atoms with van der Waals surface area (Å²) in [5, 5.41) is 3.27. The third-order valence-electron chi connectivity index (χ3n) is 2.07. The van der Waals surface area contributed by atoms with Crippen LogP contribution in [0.3, 0.4) is 0 Å². The molecule has 1 saturated heterocycles. The van der Waals surface area contributed by atoms with Gasteiger partial charge in [-0.2, -0.15) is 0 Å². The van der Waals surface area contributed by atoms with Crippen LogP contribution in [0.2, 0.25) is 0 Å². The average molecular weight is 252 g/mol. The molecule has 0 spiro atoms. The van der Waals surface area contributed by atoms with E-state index in [0.717, 1.165) is 25.9 Å². The van der Waals surface area contributed by atoms with Crippen molar-refractivity contribution in [3.8, 4) is 6.01 Å². The van der Waals surface area contributed by atoms with Gasteiger partial charge in [-0.1, -0.05) is 0 Å². The predicted octanol–water partition coefficient (Wildman–Crippen LogP) is 1.45. The van der Waals surface area contributed by atoms with E-state index >= 15 is 0 Å². The molecule has 1 aromatic rings. The van der Waals surface area contributed by atoms with Crippen molar-refractivity contribution in [3.63, 3.8) is 0 Å². The summed E-state index contributed by atoms with van der Waals surface area (Å²) in [5.41, 5.74) is 0. The van der Waals surface area contributed by atoms with E-state index in [1.54, 1.807) is 18.5 Å². The molecule has 4 nitrogen and oxygen atoms in total. The number of rotatable bonds is 2. The van der Waals surface area contributed by atoms with Crippen LogP contribution in [-0.4, -0.2) is 29.2 Å². The third-order valence-corrected chi connectivity index (χ3v) is 2.07. The summed E-state index contributed by atoms with van der Waals surface area (Å²) in [6.07, 6.45) is 5.87. The summed E-state index contributed by atoms with van der Waals surface area (Å²) < 4.78 is 5.57. The van der Waals surface area contributed by atoms with Crippen LogP contribution in [0.4, 0.5) is 0 Å². The molecule has 0 aromatic carbocycles. The van der Waals surface area contributed by atoms with Crippen molar-refractivity contribution >= 4 is 24.8 Å². The van der Waals surface area contributed by atoms with Gasteiger partial charge in [0.05, 0.1) is 0 Å². The van der Waals surface area contributed by atoms with E-state index < -0.39 is 0 Å². The van der Waals surface area contributed by atoms with E-state index in [0.29, 0.717) is 6.01 Å². The van der Waals surface area contributed by atoms with Crippen LogP contribution in [0.15, 0.2) is 18.5 Å². The highest BCUT2D eigenvalue weighted by Crippen LogP contribution is 2.08. The summed E-state index contributed by atoms with van der Waals surface area (Å²) >= 11 is 0. The Bertz CT molecular complexity index is 255. The summed E-state index contributed by atoms with van der Waals surface area (Å²) in [4.78, 5) is 8.02. The largest absolute Gasteiger partial charge is 0.459 e. The fraction of sp³-hybridized carbons (Fsp3) is 0.556. The number of halogens is 2. The van der Waals surface area contributed by atoms with Crippen LogP contribution in [-0.2, 0) is 0 Å². The maximum Gasteiger partial charge on any atom is 0.316 e. The van der Waals surface area contributed by atoms with Crippen molar-refractivity contribution in [2.45, 2.75) is 18.9 Å². The smallest absolute Gasteiger partial charge is 0.316 e. The van der Waals surface area contributed by atoms with E-state index in [4.69, 9.17) is 4.74 Å². The van der Waals surface area contributed by atoms with E-state index in [2.05, 4.69) is 15.3 Å². The van der Waals surface area contributed by atoms with Crippen LogP contribution in [0.1, 0.15) is 12.8 Å². The Morgan fingerprint density at radius 3 is 2.60 bits per heavy atom. The number of nitrogens with one attached hydrogen (secondary N) is 1. The third kappa shape index (κ3) is 4.64. The van der Waals surface area contributed by atoms with E-state index in [9.17, 15) is 0 Å². The van der Waals surface area contributed by atoms with Gasteiger partial charge in [-0.25, -0.2) is 9.97 Å². The molecule has 1 aromatic heterocycles. The Morgan fingerprint density at radius 1 is 1.27 bits per heavy atom. The first-order chi connectivity index (χ1) is 6.45. The molecule has 1 aliphatic heterocycles. The summed E-state index contributed by atoms with van der Waals surface area (Å²) in [6.45, 7) is 1.99. The van der Waals surface area contributed by atoms with Crippen molar-refractivity contribution in [1.82, 2.24) is 15.3 Å². The molecule has 0 radical (unpaired) electrons. The second-order valence-electron chi connectivity index (χ2n) is 3.12. The van der Waals surface area contributed by atoms with Crippen molar-refractivity contribution in [2.75, 3.05) is 13.1 Å². The van der Waals surface area contributed by atoms with Gasteiger partial charge in [0.1, 0.15) is 6.10 Å². The average Bonchev–Trinajstić information content (AvgIpc) is 2.21. The summed E-state index contributed by atoms with van der Waals surface area (Å²) in [5.74, 6) is 0. The van der Waals surface area contributed by atoms with Crippen LogP contribution in [0, 0.1) is 0 Å². The van der Waals surface area contributed by atoms with Gasteiger partial charge in [-0.15, -0.1) is 24.8 Å². The Balaban J connectivity index is 0.000000980. The zero-order valence-corrected chi connectivity index (χ0v) is 9.89. The zero-order valence-electron chi connectivity index (χ0n) is 8.26. The van der Waals surface area contributed by atoms with Gasteiger partial charge < -0.3 is 10.1 Å². The first-order valence-electron chi connectivity index (χ1n) is 4.59. The highest BCUT2D eigenvalue weighted by atomic mass is 35.5. The molecule has 6 heteroatoms. The molecule has 0 bridgehead atoms. The van der Waals surface area contributed by atoms with Crippen molar-refractivity contribution in [2.24, 2.45) is 0 Å². The number of ether oxygens (including phenoxy) is 1. The van der Waals surface area contributed by atoms with Crippen LogP contribution < -0.4 is 10.1 Å². The highest BCUT2D eigenvalue weighted by molar-refractivity contribution is 5.85. The van der Waals surface area contributed by atoms with Gasteiger partial charge in [0.2, 0.25) is 0 Å². The monoisotopic (exact) mass is 251 g/mol. The van der Waals surface area contributed by atoms with E-state index in [-0.39, 0.29) is 30.9 Å². The molecule has 86 valence electrons. The first kappa shape index (κ1) is 14.4. The van der Waals surface area contributed by atoms with Crippen LogP contribution in [0.25, 0.3) is 0 Å². The minimum atomic E-state index is 0. The molecular formula is C9H15Cl2N3O. The fourth-order valence-corrected chi connectivity index (χ4v) is 1.42. The molecule has 1 fully saturated rings. The molecule has 1 atom stereocenters. The van der Waals surface area contributed by atoms with Crippen molar-refractivity contribution < 1.29 is 4.74 Å². The number of aromatic nitrogens is 2. The Kier molecular flexibility index (Phi) is 7.38. The SMILES string of the molecule is Cl.Cl.c1cnc(OC2CCCNC2)nc1. The molecule has 1 N–H and O–H groups in total. The number of nitrogens with zero attached hydrogens (tertiary/aromatic N) is 2. The Hall–Kier alpha value is -0.580. The lowest BCUT2D eigenvalue weighted by Gasteiger charge is -2.22. The van der Waals surface area contributed by atoms with Crippen LogP contribution in [0.5, 0.6) is 6.01 Å². The van der Waals surface area contributed by atoms with Crippen molar-refractivity contribution in [3.05, 3.63) is 18.5 Å². The van der Waals surface area contributed by atoms with Crippen molar-refractivity contribution in [1.29, 1.82) is 0 Å². The fourth-order valence-electron chi connectivity index (χ4n) is 1.42.